The van der Waals surface area contributed by atoms with Gasteiger partial charge in [0.25, 0.3) is 0 Å². The second-order valence-corrected chi connectivity index (χ2v) is 7.16. The molecule has 3 rings (SSSR count). The molecule has 1 aliphatic rings. The number of benzene rings is 1. The highest BCUT2D eigenvalue weighted by Gasteiger charge is 2.29. The molecular weight excluding hydrogens is 386 g/mol. The van der Waals surface area contributed by atoms with Crippen LogP contribution in [0.15, 0.2) is 34.7 Å². The van der Waals surface area contributed by atoms with Crippen LogP contribution in [0.4, 0.5) is 11.6 Å². The first-order valence-electron chi connectivity index (χ1n) is 10.0. The van der Waals surface area contributed by atoms with Crippen LogP contribution in [-0.2, 0) is 9.53 Å². The normalized spacial score (nSPS) is 14.4. The van der Waals surface area contributed by atoms with Gasteiger partial charge in [-0.25, -0.2) is 4.79 Å². The van der Waals surface area contributed by atoms with Crippen molar-refractivity contribution in [2.45, 2.75) is 20.8 Å². The summed E-state index contributed by atoms with van der Waals surface area (Å²) in [6, 6.07) is 10.2. The molecule has 0 unspecified atom stereocenters. The zero-order chi connectivity index (χ0) is 21.7. The number of furan rings is 1. The number of anilines is 2. The number of rotatable bonds is 7. The Morgan fingerprint density at radius 2 is 1.73 bits per heavy atom. The number of esters is 1. The number of amides is 1. The SMILES string of the molecule is CCOC(=O)c1c(NC(=O)CN2CCN(c3ccccc3)CC2)oc(C)c1C(C)=O. The Morgan fingerprint density at radius 3 is 2.33 bits per heavy atom. The van der Waals surface area contributed by atoms with Crippen LogP contribution in [0.25, 0.3) is 0 Å². The number of nitrogens with zero attached hydrogens (tertiary/aromatic N) is 2. The van der Waals surface area contributed by atoms with Crippen LogP contribution in [0, 0.1) is 6.92 Å². The molecule has 8 heteroatoms. The average molecular weight is 413 g/mol. The van der Waals surface area contributed by atoms with E-state index in [0.717, 1.165) is 26.2 Å². The maximum atomic E-state index is 12.6. The van der Waals surface area contributed by atoms with E-state index in [9.17, 15) is 14.4 Å². The van der Waals surface area contributed by atoms with E-state index < -0.39 is 5.97 Å². The van der Waals surface area contributed by atoms with Gasteiger partial charge in [0.1, 0.15) is 11.3 Å². The van der Waals surface area contributed by atoms with Crippen LogP contribution >= 0.6 is 0 Å². The molecule has 30 heavy (non-hydrogen) atoms. The van der Waals surface area contributed by atoms with Crippen molar-refractivity contribution >= 4 is 29.2 Å². The summed E-state index contributed by atoms with van der Waals surface area (Å²) in [7, 11) is 0. The number of hydrogen-bond donors (Lipinski definition) is 1. The Bertz CT molecular complexity index is 914. The summed E-state index contributed by atoms with van der Waals surface area (Å²) in [6.45, 7) is 8.03. The van der Waals surface area contributed by atoms with Gasteiger partial charge in [-0.15, -0.1) is 0 Å². The monoisotopic (exact) mass is 413 g/mol. The molecule has 2 heterocycles. The molecule has 1 amide bonds. The summed E-state index contributed by atoms with van der Waals surface area (Å²) in [5, 5.41) is 2.64. The number of carbonyl (C=O) groups is 3. The van der Waals surface area contributed by atoms with Crippen molar-refractivity contribution < 1.29 is 23.5 Å². The molecule has 1 N–H and O–H groups in total. The molecule has 0 saturated carbocycles. The lowest BCUT2D eigenvalue weighted by Crippen LogP contribution is -2.48. The molecular formula is C22H27N3O5. The lowest BCUT2D eigenvalue weighted by atomic mass is 10.1. The van der Waals surface area contributed by atoms with Crippen molar-refractivity contribution in [3.8, 4) is 0 Å². The first-order chi connectivity index (χ1) is 14.4. The molecule has 1 aliphatic heterocycles. The van der Waals surface area contributed by atoms with Crippen LogP contribution in [0.2, 0.25) is 0 Å². The molecule has 0 bridgehead atoms. The second kappa shape index (κ2) is 9.58. The largest absolute Gasteiger partial charge is 0.462 e. The predicted octanol–water partition coefficient (Wildman–Crippen LogP) is 2.73. The molecule has 0 radical (unpaired) electrons. The van der Waals surface area contributed by atoms with Gasteiger partial charge in [-0.1, -0.05) is 18.2 Å². The minimum atomic E-state index is -0.689. The summed E-state index contributed by atoms with van der Waals surface area (Å²) < 4.78 is 10.6. The van der Waals surface area contributed by atoms with Gasteiger partial charge in [0.15, 0.2) is 5.78 Å². The van der Waals surface area contributed by atoms with E-state index in [1.165, 1.54) is 12.6 Å². The van der Waals surface area contributed by atoms with Gasteiger partial charge in [-0.05, 0) is 32.9 Å². The summed E-state index contributed by atoms with van der Waals surface area (Å²) in [5.74, 6) is -1.08. The van der Waals surface area contributed by atoms with Crippen LogP contribution < -0.4 is 10.2 Å². The summed E-state index contributed by atoms with van der Waals surface area (Å²) in [6.07, 6.45) is 0. The zero-order valence-electron chi connectivity index (χ0n) is 17.6. The van der Waals surface area contributed by atoms with Gasteiger partial charge in [0, 0.05) is 31.9 Å². The van der Waals surface area contributed by atoms with Crippen molar-refractivity contribution in [1.29, 1.82) is 0 Å². The fraction of sp³-hybridized carbons (Fsp3) is 0.409. The Kier molecular flexibility index (Phi) is 6.89. The maximum absolute atomic E-state index is 12.6. The molecule has 1 aromatic carbocycles. The third-order valence-corrected chi connectivity index (χ3v) is 5.03. The zero-order valence-corrected chi connectivity index (χ0v) is 17.6. The number of nitrogens with one attached hydrogen (secondary N) is 1. The standard InChI is InChI=1S/C22H27N3O5/c1-4-29-22(28)20-19(15(2)26)16(3)30-21(20)23-18(27)14-24-10-12-25(13-11-24)17-8-6-5-7-9-17/h5-9H,4,10-14H2,1-3H3,(H,23,27). The quantitative estimate of drug-likeness (QED) is 0.551. The molecule has 1 saturated heterocycles. The molecule has 2 aromatic rings. The predicted molar refractivity (Wildman–Crippen MR) is 113 cm³/mol. The second-order valence-electron chi connectivity index (χ2n) is 7.16. The van der Waals surface area contributed by atoms with Crippen LogP contribution in [0.5, 0.6) is 0 Å². The van der Waals surface area contributed by atoms with Crippen molar-refractivity contribution in [1.82, 2.24) is 4.90 Å². The van der Waals surface area contributed by atoms with Crippen molar-refractivity contribution in [2.75, 3.05) is 49.5 Å². The lowest BCUT2D eigenvalue weighted by molar-refractivity contribution is -0.117. The first-order valence-corrected chi connectivity index (χ1v) is 10.0. The van der Waals surface area contributed by atoms with Crippen LogP contribution in [-0.4, -0.2) is 61.9 Å². The topological polar surface area (TPSA) is 92.1 Å². The third-order valence-electron chi connectivity index (χ3n) is 5.03. The number of ketones is 1. The van der Waals surface area contributed by atoms with Crippen molar-refractivity contribution in [2.24, 2.45) is 0 Å². The molecule has 160 valence electrons. The van der Waals surface area contributed by atoms with E-state index >= 15 is 0 Å². The van der Waals surface area contributed by atoms with E-state index in [-0.39, 0.29) is 47.6 Å². The van der Waals surface area contributed by atoms with Gasteiger partial charge in [0.2, 0.25) is 11.8 Å². The molecule has 0 aliphatic carbocycles. The summed E-state index contributed by atoms with van der Waals surface area (Å²) in [5.41, 5.74) is 1.29. The minimum absolute atomic E-state index is 0.0240. The molecule has 0 atom stereocenters. The number of aryl methyl sites for hydroxylation is 1. The molecule has 1 aromatic heterocycles. The fourth-order valence-corrected chi connectivity index (χ4v) is 3.63. The molecule has 8 nitrogen and oxygen atoms in total. The number of piperazine rings is 1. The number of hydrogen-bond acceptors (Lipinski definition) is 7. The van der Waals surface area contributed by atoms with Crippen LogP contribution in [0.1, 0.15) is 40.3 Å². The number of ether oxygens (including phenoxy) is 1. The summed E-state index contributed by atoms with van der Waals surface area (Å²) >= 11 is 0. The van der Waals surface area contributed by atoms with E-state index in [1.807, 2.05) is 23.1 Å². The van der Waals surface area contributed by atoms with Gasteiger partial charge in [0.05, 0.1) is 18.7 Å². The Labute approximate surface area is 175 Å². The Hall–Kier alpha value is -3.13. The number of carbonyl (C=O) groups excluding carboxylic acids is 3. The number of para-hydroxylation sites is 1. The molecule has 1 fully saturated rings. The first kappa shape index (κ1) is 21.6. The van der Waals surface area contributed by atoms with Gasteiger partial charge in [-0.3, -0.25) is 19.8 Å². The third kappa shape index (κ3) is 4.88. The Morgan fingerprint density at radius 1 is 1.07 bits per heavy atom. The van der Waals surface area contributed by atoms with E-state index in [1.54, 1.807) is 13.8 Å². The smallest absolute Gasteiger partial charge is 0.344 e. The highest BCUT2D eigenvalue weighted by molar-refractivity contribution is 6.10. The van der Waals surface area contributed by atoms with Crippen LogP contribution in [0.3, 0.4) is 0 Å². The van der Waals surface area contributed by atoms with Crippen molar-refractivity contribution in [3.63, 3.8) is 0 Å². The highest BCUT2D eigenvalue weighted by atomic mass is 16.5. The van der Waals surface area contributed by atoms with Gasteiger partial charge >= 0.3 is 5.97 Å². The average Bonchev–Trinajstić information content (AvgIpc) is 3.05. The van der Waals surface area contributed by atoms with Gasteiger partial charge < -0.3 is 14.1 Å². The summed E-state index contributed by atoms with van der Waals surface area (Å²) in [4.78, 5) is 41.2. The van der Waals surface area contributed by atoms with E-state index in [2.05, 4.69) is 22.3 Å². The minimum Gasteiger partial charge on any atom is -0.462 e. The Balaban J connectivity index is 1.63. The highest BCUT2D eigenvalue weighted by Crippen LogP contribution is 2.28. The fourth-order valence-electron chi connectivity index (χ4n) is 3.63. The van der Waals surface area contributed by atoms with Gasteiger partial charge in [-0.2, -0.15) is 0 Å². The van der Waals surface area contributed by atoms with Crippen molar-refractivity contribution in [3.05, 3.63) is 47.2 Å². The lowest BCUT2D eigenvalue weighted by Gasteiger charge is -2.35. The number of Topliss-reactive ketones (excluding diaryl/α,β-unsaturated/α-hetero) is 1. The van der Waals surface area contributed by atoms with E-state index in [4.69, 9.17) is 9.15 Å². The van der Waals surface area contributed by atoms with E-state index in [0.29, 0.717) is 0 Å². The maximum Gasteiger partial charge on any atom is 0.344 e. The molecule has 0 spiro atoms.